The minimum atomic E-state index is -1.09. The normalized spacial score (nSPS) is 10.8. The van der Waals surface area contributed by atoms with Crippen LogP contribution in [0.4, 0.5) is 5.69 Å². The van der Waals surface area contributed by atoms with Gasteiger partial charge in [-0.15, -0.1) is 0 Å². The number of aromatic amines is 2. The summed E-state index contributed by atoms with van der Waals surface area (Å²) in [5.41, 5.74) is 1.97. The molecule has 0 aliphatic rings. The molecule has 7 nitrogen and oxygen atoms in total. The Kier molecular flexibility index (Phi) is 2.79. The van der Waals surface area contributed by atoms with Gasteiger partial charge in [0.15, 0.2) is 0 Å². The number of fused-ring (bicyclic) bond motifs is 1. The summed E-state index contributed by atoms with van der Waals surface area (Å²) in [4.78, 5) is 27.1. The second kappa shape index (κ2) is 4.61. The Balaban J connectivity index is 1.75. The number of hydrogen-bond donors (Lipinski definition) is 4. The molecule has 0 aliphatic carbocycles. The lowest BCUT2D eigenvalue weighted by molar-refractivity contribution is 0.0660. The highest BCUT2D eigenvalue weighted by atomic mass is 16.4. The number of carboxylic acid groups (broad SMARTS) is 1. The minimum Gasteiger partial charge on any atom is -0.475 e. The van der Waals surface area contributed by atoms with Crippen molar-refractivity contribution in [1.82, 2.24) is 9.97 Å². The van der Waals surface area contributed by atoms with Crippen molar-refractivity contribution in [1.29, 1.82) is 0 Å². The summed E-state index contributed by atoms with van der Waals surface area (Å²) < 4.78 is 5.13. The Bertz CT molecular complexity index is 827. The number of hydrogen-bond acceptors (Lipinski definition) is 4. The van der Waals surface area contributed by atoms with Gasteiger partial charge in [-0.2, -0.15) is 0 Å². The monoisotopic (exact) mass is 273 g/mol. The maximum absolute atomic E-state index is 11.1. The summed E-state index contributed by atoms with van der Waals surface area (Å²) in [6.45, 7) is 0.355. The van der Waals surface area contributed by atoms with Gasteiger partial charge in [0.1, 0.15) is 5.76 Å². The molecule has 4 N–H and O–H groups in total. The molecule has 0 aliphatic heterocycles. The number of anilines is 1. The molecule has 0 atom stereocenters. The Hall–Kier alpha value is -2.96. The van der Waals surface area contributed by atoms with Crippen molar-refractivity contribution in [3.05, 3.63) is 52.3 Å². The molecule has 0 spiro atoms. The van der Waals surface area contributed by atoms with Gasteiger partial charge >= 0.3 is 11.7 Å². The summed E-state index contributed by atoms with van der Waals surface area (Å²) in [5.74, 6) is -0.667. The van der Waals surface area contributed by atoms with Crippen LogP contribution in [0.3, 0.4) is 0 Å². The van der Waals surface area contributed by atoms with Crippen LogP contribution in [-0.4, -0.2) is 21.0 Å². The van der Waals surface area contributed by atoms with E-state index in [1.54, 1.807) is 18.2 Å². The van der Waals surface area contributed by atoms with Crippen LogP contribution in [0, 0.1) is 0 Å². The quantitative estimate of drug-likeness (QED) is 0.578. The summed E-state index contributed by atoms with van der Waals surface area (Å²) in [6.07, 6.45) is 0. The minimum absolute atomic E-state index is 0.0905. The molecule has 0 fully saturated rings. The summed E-state index contributed by atoms with van der Waals surface area (Å²) in [7, 11) is 0. The van der Waals surface area contributed by atoms with Crippen LogP contribution in [-0.2, 0) is 6.54 Å². The van der Waals surface area contributed by atoms with E-state index in [1.165, 1.54) is 6.07 Å². The molecule has 0 saturated heterocycles. The fraction of sp³-hybridized carbons (Fsp3) is 0.0769. The van der Waals surface area contributed by atoms with E-state index in [-0.39, 0.29) is 11.4 Å². The topological polar surface area (TPSA) is 111 Å². The fourth-order valence-corrected chi connectivity index (χ4v) is 1.92. The molecule has 0 saturated carbocycles. The van der Waals surface area contributed by atoms with E-state index in [2.05, 4.69) is 15.3 Å². The SMILES string of the molecule is O=C(O)c1ccc(CNc2ccc3[nH]c(=O)[nH]c3c2)o1. The smallest absolute Gasteiger partial charge is 0.371 e. The van der Waals surface area contributed by atoms with E-state index in [0.29, 0.717) is 17.8 Å². The first-order chi connectivity index (χ1) is 9.61. The third kappa shape index (κ3) is 2.28. The van der Waals surface area contributed by atoms with E-state index < -0.39 is 5.97 Å². The number of imidazole rings is 1. The van der Waals surface area contributed by atoms with Crippen molar-refractivity contribution in [2.75, 3.05) is 5.32 Å². The van der Waals surface area contributed by atoms with Crippen LogP contribution in [0.5, 0.6) is 0 Å². The van der Waals surface area contributed by atoms with Crippen LogP contribution in [0.1, 0.15) is 16.3 Å². The second-order valence-corrected chi connectivity index (χ2v) is 4.26. The van der Waals surface area contributed by atoms with Crippen LogP contribution in [0.2, 0.25) is 0 Å². The Morgan fingerprint density at radius 3 is 2.75 bits per heavy atom. The number of furan rings is 1. The van der Waals surface area contributed by atoms with Crippen LogP contribution < -0.4 is 11.0 Å². The number of carbonyl (C=O) groups is 1. The highest BCUT2D eigenvalue weighted by molar-refractivity contribution is 5.84. The van der Waals surface area contributed by atoms with Crippen molar-refractivity contribution in [3.63, 3.8) is 0 Å². The standard InChI is InChI=1S/C13H11N3O4/c17-12(18)11-4-2-8(20-11)6-14-7-1-3-9-10(5-7)16-13(19)15-9/h1-5,14H,6H2,(H,17,18)(H2,15,16,19). The van der Waals surface area contributed by atoms with E-state index in [4.69, 9.17) is 9.52 Å². The van der Waals surface area contributed by atoms with Gasteiger partial charge in [-0.3, -0.25) is 0 Å². The molecule has 0 unspecified atom stereocenters. The number of aromatic carboxylic acids is 1. The third-order valence-corrected chi connectivity index (χ3v) is 2.86. The average molecular weight is 273 g/mol. The van der Waals surface area contributed by atoms with Crippen LogP contribution in [0.25, 0.3) is 11.0 Å². The number of H-pyrrole nitrogens is 2. The van der Waals surface area contributed by atoms with Crippen LogP contribution in [0.15, 0.2) is 39.5 Å². The first-order valence-corrected chi connectivity index (χ1v) is 5.90. The van der Waals surface area contributed by atoms with Crippen molar-refractivity contribution in [3.8, 4) is 0 Å². The Morgan fingerprint density at radius 1 is 1.20 bits per heavy atom. The molecule has 2 heterocycles. The molecule has 0 radical (unpaired) electrons. The maximum atomic E-state index is 11.1. The van der Waals surface area contributed by atoms with Crippen molar-refractivity contribution < 1.29 is 14.3 Å². The van der Waals surface area contributed by atoms with Gasteiger partial charge in [-0.25, -0.2) is 9.59 Å². The number of rotatable bonds is 4. The number of aromatic nitrogens is 2. The maximum Gasteiger partial charge on any atom is 0.371 e. The van der Waals surface area contributed by atoms with Gasteiger partial charge in [0.25, 0.3) is 0 Å². The highest BCUT2D eigenvalue weighted by Crippen LogP contribution is 2.16. The molecule has 2 aromatic heterocycles. The average Bonchev–Trinajstić information content (AvgIpc) is 3.00. The van der Waals surface area contributed by atoms with E-state index in [0.717, 1.165) is 11.2 Å². The predicted molar refractivity (Wildman–Crippen MR) is 71.9 cm³/mol. The number of nitrogens with one attached hydrogen (secondary N) is 3. The Labute approximate surface area is 112 Å². The molecule has 7 heteroatoms. The zero-order valence-corrected chi connectivity index (χ0v) is 10.3. The van der Waals surface area contributed by atoms with Crippen molar-refractivity contribution in [2.24, 2.45) is 0 Å². The summed E-state index contributed by atoms with van der Waals surface area (Å²) >= 11 is 0. The number of benzene rings is 1. The zero-order valence-electron chi connectivity index (χ0n) is 10.3. The molecular weight excluding hydrogens is 262 g/mol. The lowest BCUT2D eigenvalue weighted by Crippen LogP contribution is -1.99. The molecular formula is C13H11N3O4. The molecule has 0 amide bonds. The van der Waals surface area contributed by atoms with Gasteiger partial charge in [0, 0.05) is 5.69 Å². The molecule has 3 rings (SSSR count). The first kappa shape index (κ1) is 12.1. The number of carboxylic acids is 1. The fourth-order valence-electron chi connectivity index (χ4n) is 1.92. The third-order valence-electron chi connectivity index (χ3n) is 2.86. The van der Waals surface area contributed by atoms with Crippen molar-refractivity contribution >= 4 is 22.7 Å². The molecule has 20 heavy (non-hydrogen) atoms. The summed E-state index contributed by atoms with van der Waals surface area (Å²) in [5, 5.41) is 11.8. The van der Waals surface area contributed by atoms with Gasteiger partial charge in [-0.05, 0) is 30.3 Å². The van der Waals surface area contributed by atoms with E-state index in [9.17, 15) is 9.59 Å². The van der Waals surface area contributed by atoms with Crippen LogP contribution >= 0.6 is 0 Å². The predicted octanol–water partition coefficient (Wildman–Crippen LogP) is 1.76. The summed E-state index contributed by atoms with van der Waals surface area (Å²) in [6, 6.07) is 8.39. The second-order valence-electron chi connectivity index (χ2n) is 4.26. The van der Waals surface area contributed by atoms with Gasteiger partial charge in [-0.1, -0.05) is 0 Å². The molecule has 0 bridgehead atoms. The van der Waals surface area contributed by atoms with E-state index >= 15 is 0 Å². The molecule has 102 valence electrons. The van der Waals surface area contributed by atoms with Crippen molar-refractivity contribution in [2.45, 2.75) is 6.54 Å². The first-order valence-electron chi connectivity index (χ1n) is 5.90. The van der Waals surface area contributed by atoms with Gasteiger partial charge in [0.05, 0.1) is 17.6 Å². The zero-order chi connectivity index (χ0) is 14.1. The highest BCUT2D eigenvalue weighted by Gasteiger charge is 2.08. The van der Waals surface area contributed by atoms with Gasteiger partial charge in [0.2, 0.25) is 5.76 Å². The molecule has 3 aromatic rings. The lowest BCUT2D eigenvalue weighted by atomic mass is 10.2. The van der Waals surface area contributed by atoms with Gasteiger partial charge < -0.3 is 24.8 Å². The van der Waals surface area contributed by atoms with E-state index in [1.807, 2.05) is 6.07 Å². The largest absolute Gasteiger partial charge is 0.475 e. The molecule has 1 aromatic carbocycles. The lowest BCUT2D eigenvalue weighted by Gasteiger charge is -2.04. The Morgan fingerprint density at radius 2 is 2.00 bits per heavy atom.